The Hall–Kier alpha value is -1.34. The van der Waals surface area contributed by atoms with E-state index in [0.29, 0.717) is 6.10 Å². The molecule has 2 aliphatic rings. The second kappa shape index (κ2) is 6.62. The fraction of sp³-hybridized carbons (Fsp3) is 0.500. The van der Waals surface area contributed by atoms with Crippen LogP contribution in [0.5, 0.6) is 0 Å². The average molecular weight is 282 g/mol. The van der Waals surface area contributed by atoms with Crippen LogP contribution in [0.25, 0.3) is 6.08 Å². The van der Waals surface area contributed by atoms with Crippen LogP contribution in [-0.4, -0.2) is 12.2 Å². The van der Waals surface area contributed by atoms with Gasteiger partial charge in [-0.2, -0.15) is 0 Å². The molecule has 1 saturated carbocycles. The van der Waals surface area contributed by atoms with Gasteiger partial charge in [0.2, 0.25) is 0 Å². The van der Waals surface area contributed by atoms with E-state index in [2.05, 4.69) is 50.3 Å². The summed E-state index contributed by atoms with van der Waals surface area (Å²) in [6, 6.07) is 10.7. The van der Waals surface area contributed by atoms with Gasteiger partial charge in [-0.1, -0.05) is 50.6 Å². The third kappa shape index (κ3) is 2.98. The molecule has 1 heteroatoms. The summed E-state index contributed by atoms with van der Waals surface area (Å²) in [5.41, 5.74) is 5.90. The van der Waals surface area contributed by atoms with Crippen molar-refractivity contribution in [2.75, 3.05) is 0 Å². The number of hydrogen-bond acceptors (Lipinski definition) is 1. The van der Waals surface area contributed by atoms with Crippen molar-refractivity contribution in [1.82, 2.24) is 0 Å². The largest absolute Gasteiger partial charge is 0.366 e. The molecule has 112 valence electrons. The number of benzene rings is 1. The lowest BCUT2D eigenvalue weighted by molar-refractivity contribution is 0.00545. The molecule has 3 rings (SSSR count). The summed E-state index contributed by atoms with van der Waals surface area (Å²) >= 11 is 0. The van der Waals surface area contributed by atoms with Gasteiger partial charge in [-0.25, -0.2) is 0 Å². The molecule has 1 aromatic rings. The molecule has 1 aromatic carbocycles. The quantitative estimate of drug-likeness (QED) is 0.708. The Morgan fingerprint density at radius 1 is 1.14 bits per heavy atom. The second-order valence-corrected chi connectivity index (χ2v) is 6.14. The Morgan fingerprint density at radius 3 is 2.67 bits per heavy atom. The van der Waals surface area contributed by atoms with Crippen LogP contribution in [0.3, 0.4) is 0 Å². The molecule has 0 bridgehead atoms. The summed E-state index contributed by atoms with van der Waals surface area (Å²) in [5, 5.41) is 0. The van der Waals surface area contributed by atoms with Crippen LogP contribution in [0.15, 0.2) is 47.1 Å². The predicted molar refractivity (Wildman–Crippen MR) is 89.2 cm³/mol. The van der Waals surface area contributed by atoms with Gasteiger partial charge in [0.15, 0.2) is 0 Å². The standard InChI is InChI=1S/C20H26O/c1-3-16-17-12-8-9-13-20(17)21-19(4-2)18(16)14-15-10-6-5-7-11-15/h5-7,10-11,14,19-20H,3-4,8-9,12-13H2,1-2H3/b18-14+/t19-,20+/m0/s1. The first-order chi connectivity index (χ1) is 10.3. The Balaban J connectivity index is 2.04. The monoisotopic (exact) mass is 282 g/mol. The zero-order chi connectivity index (χ0) is 14.7. The van der Waals surface area contributed by atoms with E-state index >= 15 is 0 Å². The molecule has 21 heavy (non-hydrogen) atoms. The molecule has 0 radical (unpaired) electrons. The highest BCUT2D eigenvalue weighted by atomic mass is 16.5. The maximum absolute atomic E-state index is 6.43. The normalized spacial score (nSPS) is 27.8. The Labute approximate surface area is 128 Å². The topological polar surface area (TPSA) is 9.23 Å². The Morgan fingerprint density at radius 2 is 1.95 bits per heavy atom. The van der Waals surface area contributed by atoms with Crippen LogP contribution >= 0.6 is 0 Å². The zero-order valence-electron chi connectivity index (χ0n) is 13.3. The smallest absolute Gasteiger partial charge is 0.0833 e. The summed E-state index contributed by atoms with van der Waals surface area (Å²) in [5.74, 6) is 0. The lowest BCUT2D eigenvalue weighted by Crippen LogP contribution is -2.33. The molecule has 0 amide bonds. The molecule has 1 aliphatic heterocycles. The molecule has 0 aromatic heterocycles. The van der Waals surface area contributed by atoms with Gasteiger partial charge in [-0.15, -0.1) is 0 Å². The zero-order valence-corrected chi connectivity index (χ0v) is 13.3. The summed E-state index contributed by atoms with van der Waals surface area (Å²) < 4.78 is 6.43. The Kier molecular flexibility index (Phi) is 4.60. The van der Waals surface area contributed by atoms with Gasteiger partial charge >= 0.3 is 0 Å². The minimum atomic E-state index is 0.270. The first kappa shape index (κ1) is 14.6. The van der Waals surface area contributed by atoms with E-state index in [1.54, 1.807) is 11.1 Å². The lowest BCUT2D eigenvalue weighted by atomic mass is 9.80. The molecule has 1 nitrogen and oxygen atoms in total. The number of rotatable bonds is 3. The van der Waals surface area contributed by atoms with Gasteiger partial charge in [-0.05, 0) is 60.5 Å². The number of hydrogen-bond donors (Lipinski definition) is 0. The van der Waals surface area contributed by atoms with Crippen molar-refractivity contribution in [2.45, 2.75) is 64.6 Å². The maximum atomic E-state index is 6.43. The van der Waals surface area contributed by atoms with Crippen LogP contribution in [0, 0.1) is 0 Å². The predicted octanol–water partition coefficient (Wildman–Crippen LogP) is 5.53. The summed E-state index contributed by atoms with van der Waals surface area (Å²) in [6.45, 7) is 4.54. The fourth-order valence-corrected chi connectivity index (χ4v) is 3.78. The van der Waals surface area contributed by atoms with Crippen molar-refractivity contribution in [3.8, 4) is 0 Å². The molecule has 0 unspecified atom stereocenters. The molecule has 2 atom stereocenters. The first-order valence-electron chi connectivity index (χ1n) is 8.47. The van der Waals surface area contributed by atoms with Crippen LogP contribution in [0.4, 0.5) is 0 Å². The summed E-state index contributed by atoms with van der Waals surface area (Å²) in [6.07, 6.45) is 10.3. The van der Waals surface area contributed by atoms with Crippen molar-refractivity contribution in [2.24, 2.45) is 0 Å². The maximum Gasteiger partial charge on any atom is 0.0833 e. The third-order valence-electron chi connectivity index (χ3n) is 4.81. The fourth-order valence-electron chi connectivity index (χ4n) is 3.78. The van der Waals surface area contributed by atoms with Crippen molar-refractivity contribution in [1.29, 1.82) is 0 Å². The molecular formula is C20H26O. The van der Waals surface area contributed by atoms with Crippen molar-refractivity contribution < 1.29 is 4.74 Å². The minimum Gasteiger partial charge on any atom is -0.366 e. The van der Waals surface area contributed by atoms with Crippen LogP contribution in [0.2, 0.25) is 0 Å². The first-order valence-corrected chi connectivity index (χ1v) is 8.47. The Bertz CT molecular complexity index is 538. The second-order valence-electron chi connectivity index (χ2n) is 6.14. The van der Waals surface area contributed by atoms with Crippen LogP contribution < -0.4 is 0 Å². The highest BCUT2D eigenvalue weighted by molar-refractivity contribution is 5.61. The van der Waals surface area contributed by atoms with Gasteiger partial charge in [0, 0.05) is 0 Å². The highest BCUT2D eigenvalue weighted by Crippen LogP contribution is 2.41. The van der Waals surface area contributed by atoms with E-state index in [9.17, 15) is 0 Å². The lowest BCUT2D eigenvalue weighted by Gasteiger charge is -2.38. The van der Waals surface area contributed by atoms with Gasteiger partial charge in [0.1, 0.15) is 0 Å². The average Bonchev–Trinajstić information content (AvgIpc) is 2.55. The van der Waals surface area contributed by atoms with Crippen molar-refractivity contribution in [3.63, 3.8) is 0 Å². The van der Waals surface area contributed by atoms with E-state index in [-0.39, 0.29) is 6.10 Å². The van der Waals surface area contributed by atoms with E-state index in [1.807, 2.05) is 0 Å². The number of ether oxygens (including phenoxy) is 1. The van der Waals surface area contributed by atoms with E-state index in [1.165, 1.54) is 36.8 Å². The SMILES string of the molecule is CCC1=C2CCCC[C@H]2O[C@@H](CC)/C1=C/c1ccccc1. The molecule has 0 spiro atoms. The minimum absolute atomic E-state index is 0.270. The van der Waals surface area contributed by atoms with Crippen LogP contribution in [0.1, 0.15) is 57.9 Å². The molecule has 1 aliphatic carbocycles. The van der Waals surface area contributed by atoms with Crippen molar-refractivity contribution >= 4 is 6.08 Å². The van der Waals surface area contributed by atoms with E-state index in [4.69, 9.17) is 4.74 Å². The van der Waals surface area contributed by atoms with E-state index < -0.39 is 0 Å². The highest BCUT2D eigenvalue weighted by Gasteiger charge is 2.33. The van der Waals surface area contributed by atoms with Gasteiger partial charge in [-0.3, -0.25) is 0 Å². The van der Waals surface area contributed by atoms with Gasteiger partial charge < -0.3 is 4.74 Å². The van der Waals surface area contributed by atoms with Crippen molar-refractivity contribution in [3.05, 3.63) is 52.6 Å². The van der Waals surface area contributed by atoms with Crippen LogP contribution in [-0.2, 0) is 4.74 Å². The van der Waals surface area contributed by atoms with Gasteiger partial charge in [0.25, 0.3) is 0 Å². The molecule has 0 saturated heterocycles. The van der Waals surface area contributed by atoms with E-state index in [0.717, 1.165) is 12.8 Å². The molecule has 0 N–H and O–H groups in total. The third-order valence-corrected chi connectivity index (χ3v) is 4.81. The van der Waals surface area contributed by atoms with Gasteiger partial charge in [0.05, 0.1) is 12.2 Å². The summed E-state index contributed by atoms with van der Waals surface area (Å²) in [4.78, 5) is 0. The molecule has 1 fully saturated rings. The molecule has 1 heterocycles. The number of fused-ring (bicyclic) bond motifs is 1. The molecular weight excluding hydrogens is 256 g/mol. The summed E-state index contributed by atoms with van der Waals surface area (Å²) in [7, 11) is 0.